The number of pyridine rings is 1. The topological polar surface area (TPSA) is 56.3 Å². The Hall–Kier alpha value is -1.97. The van der Waals surface area contributed by atoms with Crippen LogP contribution in [0.15, 0.2) is 37.1 Å². The lowest BCUT2D eigenvalue weighted by Gasteiger charge is -2.27. The minimum Gasteiger partial charge on any atom is -0.465 e. The van der Waals surface area contributed by atoms with Gasteiger partial charge >= 0.3 is 5.97 Å². The maximum Gasteiger partial charge on any atom is 0.320 e. The number of Topliss-reactive ketones (excluding diaryl/α,β-unsaturated/α-hetero) is 1. The van der Waals surface area contributed by atoms with Crippen LogP contribution in [0.2, 0.25) is 0 Å². The van der Waals surface area contributed by atoms with Crippen molar-refractivity contribution in [1.82, 2.24) is 4.98 Å². The van der Waals surface area contributed by atoms with Gasteiger partial charge in [0, 0.05) is 18.3 Å². The lowest BCUT2D eigenvalue weighted by molar-refractivity contribution is -0.159. The molecule has 4 heteroatoms. The van der Waals surface area contributed by atoms with E-state index in [2.05, 4.69) is 11.6 Å². The van der Waals surface area contributed by atoms with Gasteiger partial charge in [-0.2, -0.15) is 0 Å². The van der Waals surface area contributed by atoms with Crippen molar-refractivity contribution in [2.45, 2.75) is 26.7 Å². The molecule has 1 atom stereocenters. The lowest BCUT2D eigenvalue weighted by atomic mass is 9.76. The molecule has 0 aliphatic heterocycles. The number of allylic oxidation sites excluding steroid dienone is 1. The number of hydrogen-bond donors (Lipinski definition) is 0. The van der Waals surface area contributed by atoms with Crippen LogP contribution in [0.1, 0.15) is 26.0 Å². The van der Waals surface area contributed by atoms with Gasteiger partial charge in [0.1, 0.15) is 11.2 Å². The van der Waals surface area contributed by atoms with Crippen molar-refractivity contribution in [2.75, 3.05) is 6.61 Å². The largest absolute Gasteiger partial charge is 0.465 e. The summed E-state index contributed by atoms with van der Waals surface area (Å²) in [5.41, 5.74) is -0.529. The van der Waals surface area contributed by atoms with E-state index >= 15 is 0 Å². The molecule has 0 saturated heterocycles. The molecule has 1 aromatic rings. The molecule has 4 nitrogen and oxygen atoms in total. The first-order chi connectivity index (χ1) is 9.06. The van der Waals surface area contributed by atoms with Gasteiger partial charge in [-0.3, -0.25) is 14.6 Å². The number of rotatable bonds is 7. The summed E-state index contributed by atoms with van der Waals surface area (Å²) in [6.07, 6.45) is 3.69. The zero-order valence-corrected chi connectivity index (χ0v) is 11.4. The van der Waals surface area contributed by atoms with E-state index in [9.17, 15) is 9.59 Å². The first-order valence-electron chi connectivity index (χ1n) is 6.26. The zero-order chi connectivity index (χ0) is 14.3. The van der Waals surface area contributed by atoms with Crippen LogP contribution in [-0.2, 0) is 20.7 Å². The average molecular weight is 261 g/mol. The average Bonchev–Trinajstić information content (AvgIpc) is 2.39. The normalized spacial score (nSPS) is 13.4. The highest BCUT2D eigenvalue weighted by Crippen LogP contribution is 2.30. The maximum atomic E-state index is 12.2. The SMILES string of the molecule is C=CC[C@](Cc1ccccn1)(C(C)=O)C(=O)OCC. The van der Waals surface area contributed by atoms with Gasteiger partial charge in [-0.15, -0.1) is 6.58 Å². The highest BCUT2D eigenvalue weighted by Gasteiger charge is 2.44. The Bertz CT molecular complexity index is 456. The third kappa shape index (κ3) is 3.50. The summed E-state index contributed by atoms with van der Waals surface area (Å²) < 4.78 is 5.06. The molecule has 0 radical (unpaired) electrons. The summed E-state index contributed by atoms with van der Waals surface area (Å²) in [5.74, 6) is -0.732. The molecule has 0 amide bonds. The smallest absolute Gasteiger partial charge is 0.320 e. The molecule has 1 heterocycles. The minimum atomic E-state index is -1.22. The number of hydrogen-bond acceptors (Lipinski definition) is 4. The fourth-order valence-corrected chi connectivity index (χ4v) is 1.97. The Morgan fingerprint density at radius 3 is 2.68 bits per heavy atom. The van der Waals surface area contributed by atoms with E-state index in [0.717, 1.165) is 0 Å². The molecule has 0 unspecified atom stereocenters. The van der Waals surface area contributed by atoms with Crippen LogP contribution in [-0.4, -0.2) is 23.3 Å². The van der Waals surface area contributed by atoms with Gasteiger partial charge in [0.25, 0.3) is 0 Å². The summed E-state index contributed by atoms with van der Waals surface area (Å²) in [5, 5.41) is 0. The number of ether oxygens (including phenoxy) is 1. The van der Waals surface area contributed by atoms with E-state index in [1.165, 1.54) is 6.92 Å². The summed E-state index contributed by atoms with van der Waals surface area (Å²) >= 11 is 0. The Kier molecular flexibility index (Phi) is 5.42. The molecule has 0 aromatic carbocycles. The number of esters is 1. The zero-order valence-electron chi connectivity index (χ0n) is 11.4. The monoisotopic (exact) mass is 261 g/mol. The number of carbonyl (C=O) groups is 2. The van der Waals surface area contributed by atoms with Gasteiger partial charge < -0.3 is 4.74 Å². The first kappa shape index (κ1) is 15.1. The van der Waals surface area contributed by atoms with Gasteiger partial charge in [0.15, 0.2) is 0 Å². The molecule has 102 valence electrons. The molecule has 0 bridgehead atoms. The van der Waals surface area contributed by atoms with Gasteiger partial charge in [-0.1, -0.05) is 12.1 Å². The van der Waals surface area contributed by atoms with Crippen molar-refractivity contribution in [3.8, 4) is 0 Å². The lowest BCUT2D eigenvalue weighted by Crippen LogP contribution is -2.41. The Balaban J connectivity index is 3.12. The highest BCUT2D eigenvalue weighted by molar-refractivity contribution is 6.03. The number of nitrogens with zero attached hydrogens (tertiary/aromatic N) is 1. The fraction of sp³-hybridized carbons (Fsp3) is 0.400. The molecule has 0 aliphatic rings. The summed E-state index contributed by atoms with van der Waals surface area (Å²) in [4.78, 5) is 28.4. The van der Waals surface area contributed by atoms with E-state index < -0.39 is 11.4 Å². The predicted octanol–water partition coefficient (Wildman–Crippen LogP) is 2.34. The second kappa shape index (κ2) is 6.83. The van der Waals surface area contributed by atoms with Crippen molar-refractivity contribution in [3.05, 3.63) is 42.7 Å². The molecule has 0 N–H and O–H groups in total. The van der Waals surface area contributed by atoms with Crippen molar-refractivity contribution >= 4 is 11.8 Å². The molecule has 0 saturated carbocycles. The third-order valence-corrected chi connectivity index (χ3v) is 3.04. The fourth-order valence-electron chi connectivity index (χ4n) is 1.97. The van der Waals surface area contributed by atoms with Gasteiger partial charge in [-0.05, 0) is 32.4 Å². The molecule has 0 spiro atoms. The van der Waals surface area contributed by atoms with Crippen molar-refractivity contribution in [2.24, 2.45) is 5.41 Å². The molecular formula is C15H19NO3. The van der Waals surface area contributed by atoms with Crippen LogP contribution < -0.4 is 0 Å². The van der Waals surface area contributed by atoms with Crippen LogP contribution in [0.5, 0.6) is 0 Å². The second-order valence-corrected chi connectivity index (χ2v) is 4.35. The Morgan fingerprint density at radius 1 is 1.47 bits per heavy atom. The molecular weight excluding hydrogens is 242 g/mol. The number of carbonyl (C=O) groups excluding carboxylic acids is 2. The van der Waals surface area contributed by atoms with Crippen molar-refractivity contribution in [3.63, 3.8) is 0 Å². The van der Waals surface area contributed by atoms with Crippen molar-refractivity contribution < 1.29 is 14.3 Å². The van der Waals surface area contributed by atoms with Crippen LogP contribution in [0.25, 0.3) is 0 Å². The van der Waals surface area contributed by atoms with E-state index in [-0.39, 0.29) is 25.2 Å². The predicted molar refractivity (Wildman–Crippen MR) is 72.5 cm³/mol. The quantitative estimate of drug-likeness (QED) is 0.429. The molecule has 0 fully saturated rings. The number of ketones is 1. The van der Waals surface area contributed by atoms with Gasteiger partial charge in [-0.25, -0.2) is 0 Å². The van der Waals surface area contributed by atoms with Gasteiger partial charge in [0.2, 0.25) is 0 Å². The second-order valence-electron chi connectivity index (χ2n) is 4.35. The third-order valence-electron chi connectivity index (χ3n) is 3.04. The van der Waals surface area contributed by atoms with Gasteiger partial charge in [0.05, 0.1) is 6.61 Å². The Labute approximate surface area is 113 Å². The standard InChI is InChI=1S/C15H19NO3/c1-4-9-15(12(3)17,14(18)19-5-2)11-13-8-6-7-10-16-13/h4,6-8,10H,1,5,9,11H2,2-3H3/t15-/m0/s1. The molecule has 1 rings (SSSR count). The van der Waals surface area contributed by atoms with Crippen LogP contribution in [0, 0.1) is 5.41 Å². The first-order valence-corrected chi connectivity index (χ1v) is 6.26. The van der Waals surface area contributed by atoms with E-state index in [0.29, 0.717) is 5.69 Å². The minimum absolute atomic E-state index is 0.225. The summed E-state index contributed by atoms with van der Waals surface area (Å²) in [6.45, 7) is 7.00. The van der Waals surface area contributed by atoms with E-state index in [1.54, 1.807) is 31.3 Å². The summed E-state index contributed by atoms with van der Waals surface area (Å²) in [7, 11) is 0. The molecule has 0 aliphatic carbocycles. The van der Waals surface area contributed by atoms with Crippen LogP contribution in [0.4, 0.5) is 0 Å². The summed E-state index contributed by atoms with van der Waals surface area (Å²) in [6, 6.07) is 5.41. The van der Waals surface area contributed by atoms with E-state index in [1.807, 2.05) is 6.07 Å². The van der Waals surface area contributed by atoms with E-state index in [4.69, 9.17) is 4.74 Å². The molecule has 19 heavy (non-hydrogen) atoms. The van der Waals surface area contributed by atoms with Crippen LogP contribution in [0.3, 0.4) is 0 Å². The van der Waals surface area contributed by atoms with Crippen molar-refractivity contribution in [1.29, 1.82) is 0 Å². The maximum absolute atomic E-state index is 12.2. The molecule has 1 aromatic heterocycles. The Morgan fingerprint density at radius 2 is 2.21 bits per heavy atom. The van der Waals surface area contributed by atoms with Crippen LogP contribution >= 0.6 is 0 Å². The number of aromatic nitrogens is 1. The highest BCUT2D eigenvalue weighted by atomic mass is 16.5.